The van der Waals surface area contributed by atoms with Gasteiger partial charge in [0.05, 0.1) is 22.7 Å². The summed E-state index contributed by atoms with van der Waals surface area (Å²) in [6, 6.07) is 8.79. The van der Waals surface area contributed by atoms with Gasteiger partial charge >= 0.3 is 0 Å². The van der Waals surface area contributed by atoms with Gasteiger partial charge in [0.25, 0.3) is 5.91 Å². The summed E-state index contributed by atoms with van der Waals surface area (Å²) in [5.74, 6) is 0.381. The average Bonchev–Trinajstić information content (AvgIpc) is 2.82. The maximum atomic E-state index is 12.6. The van der Waals surface area contributed by atoms with Crippen LogP contribution in [0.25, 0.3) is 6.08 Å². The molecule has 2 aromatic rings. The first-order valence-corrected chi connectivity index (χ1v) is 8.22. The third-order valence-electron chi connectivity index (χ3n) is 3.19. The van der Waals surface area contributed by atoms with Gasteiger partial charge in [-0.2, -0.15) is 0 Å². The number of carbonyl (C=O) groups excluding carboxylic acids is 1. The van der Waals surface area contributed by atoms with Crippen LogP contribution in [0.1, 0.15) is 5.56 Å². The summed E-state index contributed by atoms with van der Waals surface area (Å²) in [6.45, 7) is 0. The summed E-state index contributed by atoms with van der Waals surface area (Å²) < 4.78 is 5.59. The summed E-state index contributed by atoms with van der Waals surface area (Å²) in [5, 5.41) is 0.428. The number of halogens is 1. The Morgan fingerprint density at radius 2 is 2.04 bits per heavy atom. The van der Waals surface area contributed by atoms with Crippen LogP contribution in [0.5, 0.6) is 5.75 Å². The van der Waals surface area contributed by atoms with Gasteiger partial charge in [-0.1, -0.05) is 35.6 Å². The largest absolute Gasteiger partial charge is 0.495 e. The van der Waals surface area contributed by atoms with Gasteiger partial charge in [-0.05, 0) is 42.0 Å². The number of hydrogen-bond acceptors (Lipinski definition) is 5. The van der Waals surface area contributed by atoms with Gasteiger partial charge in [0, 0.05) is 12.4 Å². The lowest BCUT2D eigenvalue weighted by atomic mass is 10.2. The van der Waals surface area contributed by atoms with E-state index >= 15 is 0 Å². The molecule has 0 bridgehead atoms. The summed E-state index contributed by atoms with van der Waals surface area (Å²) in [7, 11) is 1.54. The normalized spacial score (nSPS) is 16.3. The topological polar surface area (TPSA) is 42.4 Å². The van der Waals surface area contributed by atoms with Crippen molar-refractivity contribution in [2.24, 2.45) is 0 Å². The fourth-order valence-corrected chi connectivity index (χ4v) is 3.65. The first-order chi connectivity index (χ1) is 11.1. The molecule has 0 aliphatic carbocycles. The number of methoxy groups -OCH3 is 1. The van der Waals surface area contributed by atoms with Gasteiger partial charge in [0.1, 0.15) is 5.75 Å². The number of thiocarbonyl (C=S) groups is 1. The number of benzene rings is 1. The molecule has 1 aliphatic heterocycles. The van der Waals surface area contributed by atoms with Gasteiger partial charge in [-0.15, -0.1) is 0 Å². The van der Waals surface area contributed by atoms with Gasteiger partial charge in [-0.3, -0.25) is 14.7 Å². The average molecular weight is 363 g/mol. The standard InChI is InChI=1S/C16H11ClN2O2S2/c1-21-13-3-2-11(9-12(13)17)19-15(20)14(23-16(19)22)8-10-4-6-18-7-5-10/h2-9H,1H3/b14-8+. The van der Waals surface area contributed by atoms with Crippen LogP contribution in [0.3, 0.4) is 0 Å². The van der Waals surface area contributed by atoms with Crippen LogP contribution in [-0.2, 0) is 4.79 Å². The maximum Gasteiger partial charge on any atom is 0.270 e. The zero-order chi connectivity index (χ0) is 16.4. The lowest BCUT2D eigenvalue weighted by Gasteiger charge is -2.15. The second-order valence-corrected chi connectivity index (χ2v) is 6.70. The lowest BCUT2D eigenvalue weighted by molar-refractivity contribution is -0.113. The first-order valence-electron chi connectivity index (χ1n) is 6.61. The monoisotopic (exact) mass is 362 g/mol. The second-order valence-electron chi connectivity index (χ2n) is 4.62. The molecule has 1 aromatic heterocycles. The van der Waals surface area contributed by atoms with Gasteiger partial charge in [0.2, 0.25) is 0 Å². The number of amides is 1. The molecule has 23 heavy (non-hydrogen) atoms. The molecule has 0 spiro atoms. The van der Waals surface area contributed by atoms with Gasteiger partial charge < -0.3 is 4.74 Å². The third kappa shape index (κ3) is 3.24. The van der Waals surface area contributed by atoms with E-state index in [4.69, 9.17) is 28.6 Å². The molecule has 1 fully saturated rings. The lowest BCUT2D eigenvalue weighted by Crippen LogP contribution is -2.27. The second kappa shape index (κ2) is 6.70. The van der Waals surface area contributed by atoms with Crippen LogP contribution in [0, 0.1) is 0 Å². The van der Waals surface area contributed by atoms with Crippen molar-refractivity contribution in [1.82, 2.24) is 4.98 Å². The van der Waals surface area contributed by atoms with E-state index in [1.54, 1.807) is 36.7 Å². The van der Waals surface area contributed by atoms with Crippen molar-refractivity contribution in [3.05, 3.63) is 58.2 Å². The van der Waals surface area contributed by atoms with Gasteiger partial charge in [-0.25, -0.2) is 0 Å². The predicted octanol–water partition coefficient (Wildman–Crippen LogP) is 4.15. The summed E-state index contributed by atoms with van der Waals surface area (Å²) in [5.41, 5.74) is 1.52. The Labute approximate surface area is 148 Å². The molecule has 1 amide bonds. The van der Waals surface area contributed by atoms with Crippen molar-refractivity contribution in [3.63, 3.8) is 0 Å². The minimum absolute atomic E-state index is 0.168. The van der Waals surface area contributed by atoms with E-state index < -0.39 is 0 Å². The maximum absolute atomic E-state index is 12.6. The Kier molecular flexibility index (Phi) is 4.66. The van der Waals surface area contributed by atoms with Crippen molar-refractivity contribution in [2.75, 3.05) is 12.0 Å². The minimum Gasteiger partial charge on any atom is -0.495 e. The summed E-state index contributed by atoms with van der Waals surface area (Å²) in [4.78, 5) is 18.6. The SMILES string of the molecule is COc1ccc(N2C(=O)/C(=C\c3ccncc3)SC2=S)cc1Cl. The molecule has 1 aliphatic rings. The summed E-state index contributed by atoms with van der Waals surface area (Å²) in [6.07, 6.45) is 5.15. The fourth-order valence-electron chi connectivity index (χ4n) is 2.10. The third-order valence-corrected chi connectivity index (χ3v) is 4.79. The molecule has 7 heteroatoms. The zero-order valence-corrected chi connectivity index (χ0v) is 14.4. The number of anilines is 1. The molecule has 0 radical (unpaired) electrons. The molecule has 0 unspecified atom stereocenters. The van der Waals surface area contributed by atoms with E-state index in [2.05, 4.69) is 4.98 Å². The number of aromatic nitrogens is 1. The van der Waals surface area contributed by atoms with Crippen molar-refractivity contribution in [1.29, 1.82) is 0 Å². The molecular formula is C16H11ClN2O2S2. The number of rotatable bonds is 3. The summed E-state index contributed by atoms with van der Waals surface area (Å²) >= 11 is 12.7. The quantitative estimate of drug-likeness (QED) is 0.606. The molecule has 2 heterocycles. The zero-order valence-electron chi connectivity index (χ0n) is 12.0. The van der Waals surface area contributed by atoms with E-state index in [0.29, 0.717) is 25.7 Å². The van der Waals surface area contributed by atoms with Crippen molar-refractivity contribution in [3.8, 4) is 5.75 Å². The van der Waals surface area contributed by atoms with Crippen LogP contribution in [0.15, 0.2) is 47.6 Å². The molecule has 1 saturated heterocycles. The molecule has 3 rings (SSSR count). The van der Waals surface area contributed by atoms with Crippen LogP contribution < -0.4 is 9.64 Å². The Morgan fingerprint density at radius 1 is 1.30 bits per heavy atom. The smallest absolute Gasteiger partial charge is 0.270 e. The van der Waals surface area contributed by atoms with E-state index in [1.165, 1.54) is 23.8 Å². The highest BCUT2D eigenvalue weighted by molar-refractivity contribution is 8.27. The van der Waals surface area contributed by atoms with E-state index in [-0.39, 0.29) is 5.91 Å². The number of pyridine rings is 1. The first kappa shape index (κ1) is 16.0. The highest BCUT2D eigenvalue weighted by Gasteiger charge is 2.33. The highest BCUT2D eigenvalue weighted by Crippen LogP contribution is 2.38. The van der Waals surface area contributed by atoms with Crippen molar-refractivity contribution >= 4 is 57.6 Å². The molecule has 4 nitrogen and oxygen atoms in total. The molecular weight excluding hydrogens is 352 g/mol. The predicted molar refractivity (Wildman–Crippen MR) is 97.9 cm³/mol. The number of ether oxygens (including phenoxy) is 1. The van der Waals surface area contributed by atoms with Crippen LogP contribution >= 0.6 is 35.6 Å². The number of hydrogen-bond donors (Lipinski definition) is 0. The van der Waals surface area contributed by atoms with Crippen molar-refractivity contribution in [2.45, 2.75) is 0 Å². The number of nitrogens with zero attached hydrogens (tertiary/aromatic N) is 2. The molecule has 0 N–H and O–H groups in total. The van der Waals surface area contributed by atoms with Crippen LogP contribution in [0.2, 0.25) is 5.02 Å². The van der Waals surface area contributed by atoms with Crippen LogP contribution in [0.4, 0.5) is 5.69 Å². The minimum atomic E-state index is -0.168. The Balaban J connectivity index is 1.93. The van der Waals surface area contributed by atoms with E-state index in [1.807, 2.05) is 12.1 Å². The molecule has 0 atom stereocenters. The highest BCUT2D eigenvalue weighted by atomic mass is 35.5. The number of carbonyl (C=O) groups is 1. The Bertz CT molecular complexity index is 809. The molecule has 116 valence electrons. The van der Waals surface area contributed by atoms with Gasteiger partial charge in [0.15, 0.2) is 4.32 Å². The fraction of sp³-hybridized carbons (Fsp3) is 0.0625. The Hall–Kier alpha value is -1.89. The Morgan fingerprint density at radius 3 is 2.70 bits per heavy atom. The van der Waals surface area contributed by atoms with E-state index in [9.17, 15) is 4.79 Å². The number of thioether (sulfide) groups is 1. The van der Waals surface area contributed by atoms with E-state index in [0.717, 1.165) is 5.56 Å². The molecule has 1 aromatic carbocycles. The van der Waals surface area contributed by atoms with Crippen LogP contribution in [-0.4, -0.2) is 22.3 Å². The molecule has 0 saturated carbocycles. The van der Waals surface area contributed by atoms with Crippen molar-refractivity contribution < 1.29 is 9.53 Å².